The first-order chi connectivity index (χ1) is 10.1. The van der Waals surface area contributed by atoms with Gasteiger partial charge in [0.2, 0.25) is 5.91 Å². The van der Waals surface area contributed by atoms with Gasteiger partial charge in [0, 0.05) is 18.5 Å². The second-order valence-corrected chi connectivity index (χ2v) is 5.85. The third-order valence-electron chi connectivity index (χ3n) is 4.06. The monoisotopic (exact) mass is 289 g/mol. The maximum Gasteiger partial charge on any atom is 0.303 e. The van der Waals surface area contributed by atoms with Crippen molar-refractivity contribution in [3.8, 4) is 0 Å². The molecule has 1 aromatic rings. The Bertz CT molecular complexity index is 475. The Morgan fingerprint density at radius 2 is 1.76 bits per heavy atom. The lowest BCUT2D eigenvalue weighted by Crippen LogP contribution is -2.18. The number of hydrogen-bond donors (Lipinski definition) is 2. The van der Waals surface area contributed by atoms with Crippen LogP contribution in [0.15, 0.2) is 24.3 Å². The van der Waals surface area contributed by atoms with Crippen molar-refractivity contribution >= 4 is 17.6 Å². The summed E-state index contributed by atoms with van der Waals surface area (Å²) in [5, 5.41) is 11.6. The summed E-state index contributed by atoms with van der Waals surface area (Å²) in [6.07, 6.45) is 7.39. The molecule has 0 heterocycles. The maximum atomic E-state index is 12.0. The van der Waals surface area contributed by atoms with E-state index in [1.165, 1.54) is 32.1 Å². The molecule has 0 aliphatic heterocycles. The molecule has 0 radical (unpaired) electrons. The zero-order valence-electron chi connectivity index (χ0n) is 12.3. The summed E-state index contributed by atoms with van der Waals surface area (Å²) in [4.78, 5) is 22.5. The van der Waals surface area contributed by atoms with Crippen LogP contribution in [-0.4, -0.2) is 17.0 Å². The molecule has 0 spiro atoms. The highest BCUT2D eigenvalue weighted by atomic mass is 16.4. The first kappa shape index (κ1) is 15.5. The van der Waals surface area contributed by atoms with E-state index in [4.69, 9.17) is 5.11 Å². The molecule has 0 saturated heterocycles. The molecule has 4 heteroatoms. The van der Waals surface area contributed by atoms with Crippen LogP contribution in [0, 0.1) is 5.92 Å². The highest BCUT2D eigenvalue weighted by Crippen LogP contribution is 2.26. The van der Waals surface area contributed by atoms with Crippen molar-refractivity contribution in [3.05, 3.63) is 29.8 Å². The van der Waals surface area contributed by atoms with Crippen LogP contribution in [0.25, 0.3) is 0 Å². The van der Waals surface area contributed by atoms with E-state index >= 15 is 0 Å². The molecule has 21 heavy (non-hydrogen) atoms. The average Bonchev–Trinajstić information content (AvgIpc) is 2.47. The molecule has 1 aliphatic rings. The fourth-order valence-electron chi connectivity index (χ4n) is 2.87. The van der Waals surface area contributed by atoms with Crippen LogP contribution in [0.3, 0.4) is 0 Å². The minimum atomic E-state index is -0.792. The molecule has 0 bridgehead atoms. The molecule has 2 rings (SSSR count). The number of aliphatic carboxylic acids is 1. The van der Waals surface area contributed by atoms with Gasteiger partial charge in [-0.2, -0.15) is 0 Å². The van der Waals surface area contributed by atoms with Crippen molar-refractivity contribution in [2.24, 2.45) is 5.92 Å². The Labute approximate surface area is 125 Å². The SMILES string of the molecule is O=C(O)CCc1ccc(NC(=O)CC2CCCCC2)cc1. The molecular formula is C17H23NO3. The van der Waals surface area contributed by atoms with Crippen LogP contribution in [0.1, 0.15) is 50.5 Å². The van der Waals surface area contributed by atoms with E-state index in [1.807, 2.05) is 24.3 Å². The molecule has 0 atom stereocenters. The smallest absolute Gasteiger partial charge is 0.303 e. The van der Waals surface area contributed by atoms with E-state index < -0.39 is 5.97 Å². The van der Waals surface area contributed by atoms with Crippen molar-refractivity contribution in [1.29, 1.82) is 0 Å². The van der Waals surface area contributed by atoms with E-state index in [2.05, 4.69) is 5.32 Å². The van der Waals surface area contributed by atoms with Gasteiger partial charge in [0.1, 0.15) is 0 Å². The number of rotatable bonds is 6. The number of carboxylic acids is 1. The number of hydrogen-bond acceptors (Lipinski definition) is 2. The van der Waals surface area contributed by atoms with Crippen molar-refractivity contribution in [1.82, 2.24) is 0 Å². The molecule has 1 aromatic carbocycles. The van der Waals surface area contributed by atoms with Gasteiger partial charge in [-0.05, 0) is 42.9 Å². The van der Waals surface area contributed by atoms with Crippen LogP contribution < -0.4 is 5.32 Å². The highest BCUT2D eigenvalue weighted by Gasteiger charge is 2.16. The predicted octanol–water partition coefficient (Wildman–Crippen LogP) is 3.61. The number of carbonyl (C=O) groups is 2. The standard InChI is InChI=1S/C17H23NO3/c19-16(12-14-4-2-1-3-5-14)18-15-9-6-13(7-10-15)8-11-17(20)21/h6-7,9-10,14H,1-5,8,11-12H2,(H,18,19)(H,20,21). The Hall–Kier alpha value is -1.84. The molecule has 1 saturated carbocycles. The normalized spacial score (nSPS) is 15.6. The molecule has 1 amide bonds. The molecule has 1 fully saturated rings. The van der Waals surface area contributed by atoms with E-state index in [0.29, 0.717) is 18.8 Å². The largest absolute Gasteiger partial charge is 0.481 e. The van der Waals surface area contributed by atoms with E-state index in [9.17, 15) is 9.59 Å². The Balaban J connectivity index is 1.79. The van der Waals surface area contributed by atoms with Crippen LogP contribution >= 0.6 is 0 Å². The molecular weight excluding hydrogens is 266 g/mol. The quantitative estimate of drug-likeness (QED) is 0.840. The van der Waals surface area contributed by atoms with Gasteiger partial charge in [-0.15, -0.1) is 0 Å². The predicted molar refractivity (Wildman–Crippen MR) is 82.2 cm³/mol. The fraction of sp³-hybridized carbons (Fsp3) is 0.529. The highest BCUT2D eigenvalue weighted by molar-refractivity contribution is 5.90. The van der Waals surface area contributed by atoms with Crippen LogP contribution in [0.2, 0.25) is 0 Å². The number of aryl methyl sites for hydroxylation is 1. The minimum absolute atomic E-state index is 0.0835. The first-order valence-corrected chi connectivity index (χ1v) is 7.74. The van der Waals surface area contributed by atoms with Gasteiger partial charge in [0.15, 0.2) is 0 Å². The zero-order valence-corrected chi connectivity index (χ0v) is 12.3. The number of amides is 1. The first-order valence-electron chi connectivity index (χ1n) is 7.74. The van der Waals surface area contributed by atoms with Crippen molar-refractivity contribution < 1.29 is 14.7 Å². The molecule has 0 unspecified atom stereocenters. The summed E-state index contributed by atoms with van der Waals surface area (Å²) in [7, 11) is 0. The van der Waals surface area contributed by atoms with Crippen molar-refractivity contribution in [2.75, 3.05) is 5.32 Å². The molecule has 114 valence electrons. The fourth-order valence-corrected chi connectivity index (χ4v) is 2.87. The van der Waals surface area contributed by atoms with Gasteiger partial charge in [0.05, 0.1) is 0 Å². The Kier molecular flexibility index (Phi) is 5.78. The lowest BCUT2D eigenvalue weighted by molar-refractivity contribution is -0.137. The van der Waals surface area contributed by atoms with Gasteiger partial charge in [-0.3, -0.25) is 9.59 Å². The summed E-state index contributed by atoms with van der Waals surface area (Å²) >= 11 is 0. The second kappa shape index (κ2) is 7.81. The summed E-state index contributed by atoms with van der Waals surface area (Å²) in [5.41, 5.74) is 1.76. The number of carboxylic acid groups (broad SMARTS) is 1. The topological polar surface area (TPSA) is 66.4 Å². The van der Waals surface area contributed by atoms with Gasteiger partial charge in [-0.1, -0.05) is 31.4 Å². The summed E-state index contributed by atoms with van der Waals surface area (Å²) in [6, 6.07) is 7.43. The maximum absolute atomic E-state index is 12.0. The van der Waals surface area contributed by atoms with Gasteiger partial charge >= 0.3 is 5.97 Å². The van der Waals surface area contributed by atoms with Gasteiger partial charge in [0.25, 0.3) is 0 Å². The number of carbonyl (C=O) groups excluding carboxylic acids is 1. The molecule has 4 nitrogen and oxygen atoms in total. The zero-order chi connectivity index (χ0) is 15.1. The molecule has 1 aliphatic carbocycles. The van der Waals surface area contributed by atoms with Gasteiger partial charge in [-0.25, -0.2) is 0 Å². The Morgan fingerprint density at radius 1 is 1.10 bits per heavy atom. The van der Waals surface area contributed by atoms with E-state index in [-0.39, 0.29) is 12.3 Å². The van der Waals surface area contributed by atoms with Gasteiger partial charge < -0.3 is 10.4 Å². The van der Waals surface area contributed by atoms with Crippen LogP contribution in [-0.2, 0) is 16.0 Å². The second-order valence-electron chi connectivity index (χ2n) is 5.85. The summed E-state index contributed by atoms with van der Waals surface area (Å²) in [5.74, 6) is -0.173. The number of benzene rings is 1. The molecule has 2 N–H and O–H groups in total. The third-order valence-corrected chi connectivity index (χ3v) is 4.06. The third kappa shape index (κ3) is 5.58. The summed E-state index contributed by atoms with van der Waals surface area (Å²) in [6.45, 7) is 0. The van der Waals surface area contributed by atoms with Crippen molar-refractivity contribution in [3.63, 3.8) is 0 Å². The number of nitrogens with one attached hydrogen (secondary N) is 1. The summed E-state index contributed by atoms with van der Waals surface area (Å²) < 4.78 is 0. The van der Waals surface area contributed by atoms with E-state index in [0.717, 1.165) is 11.3 Å². The van der Waals surface area contributed by atoms with Crippen molar-refractivity contribution in [2.45, 2.75) is 51.4 Å². The van der Waals surface area contributed by atoms with Crippen LogP contribution in [0.5, 0.6) is 0 Å². The average molecular weight is 289 g/mol. The minimum Gasteiger partial charge on any atom is -0.481 e. The van der Waals surface area contributed by atoms with Crippen LogP contribution in [0.4, 0.5) is 5.69 Å². The number of anilines is 1. The Morgan fingerprint density at radius 3 is 2.38 bits per heavy atom. The lowest BCUT2D eigenvalue weighted by Gasteiger charge is -2.20. The lowest BCUT2D eigenvalue weighted by atomic mass is 9.87. The molecule has 0 aromatic heterocycles. The van der Waals surface area contributed by atoms with E-state index in [1.54, 1.807) is 0 Å².